The quantitative estimate of drug-likeness (QED) is 0.897. The van der Waals surface area contributed by atoms with Crippen LogP contribution in [0.25, 0.3) is 0 Å². The highest BCUT2D eigenvalue weighted by atomic mass is 32.2. The highest BCUT2D eigenvalue weighted by Crippen LogP contribution is 2.37. The zero-order valence-corrected chi connectivity index (χ0v) is 13.2. The molecule has 1 aromatic rings. The molecule has 0 bridgehead atoms. The first-order valence-corrected chi connectivity index (χ1v) is 8.61. The van der Waals surface area contributed by atoms with E-state index in [1.165, 1.54) is 19.3 Å². The number of hydrogen-bond donors (Lipinski definition) is 2. The summed E-state index contributed by atoms with van der Waals surface area (Å²) >= 11 is 0. The molecule has 0 aliphatic heterocycles. The fraction of sp³-hybridized carbons (Fsp3) is 0.600. The summed E-state index contributed by atoms with van der Waals surface area (Å²) in [5, 5.41) is 8.73. The van der Waals surface area contributed by atoms with Crippen LogP contribution < -0.4 is 10.5 Å². The van der Waals surface area contributed by atoms with Crippen molar-refractivity contribution in [1.82, 2.24) is 5.32 Å². The fourth-order valence-corrected chi connectivity index (χ4v) is 3.49. The van der Waals surface area contributed by atoms with E-state index in [4.69, 9.17) is 5.14 Å². The standard InChI is InChI=1S/C15H24N2O2S/c1-11(17-13-8-9-15(2,3)10-13)12-4-6-14(7-5-12)20(16,18)19/h4-7,11,13,17H,8-10H2,1-3H3,(H2,16,18,19). The van der Waals surface area contributed by atoms with Crippen LogP contribution >= 0.6 is 0 Å². The van der Waals surface area contributed by atoms with E-state index in [0.717, 1.165) is 5.56 Å². The Bertz CT molecular complexity index is 564. The Morgan fingerprint density at radius 1 is 1.30 bits per heavy atom. The van der Waals surface area contributed by atoms with Crippen LogP contribution in [0.3, 0.4) is 0 Å². The molecule has 20 heavy (non-hydrogen) atoms. The predicted molar refractivity (Wildman–Crippen MR) is 80.8 cm³/mol. The summed E-state index contributed by atoms with van der Waals surface area (Å²) in [6.45, 7) is 6.72. The molecule has 3 N–H and O–H groups in total. The third-order valence-corrected chi connectivity index (χ3v) is 5.09. The van der Waals surface area contributed by atoms with Crippen molar-refractivity contribution in [2.45, 2.75) is 57.0 Å². The molecular formula is C15H24N2O2S. The predicted octanol–water partition coefficient (Wildman–Crippen LogP) is 2.56. The van der Waals surface area contributed by atoms with Crippen LogP contribution in [0.15, 0.2) is 29.2 Å². The Morgan fingerprint density at radius 2 is 1.90 bits per heavy atom. The van der Waals surface area contributed by atoms with Gasteiger partial charge in [0.2, 0.25) is 10.0 Å². The summed E-state index contributed by atoms with van der Waals surface area (Å²) in [4.78, 5) is 0.162. The minimum atomic E-state index is -3.60. The van der Waals surface area contributed by atoms with E-state index in [2.05, 4.69) is 26.1 Å². The van der Waals surface area contributed by atoms with Crippen LogP contribution in [0.5, 0.6) is 0 Å². The molecule has 0 amide bonds. The Hall–Kier alpha value is -0.910. The number of rotatable bonds is 4. The van der Waals surface area contributed by atoms with Gasteiger partial charge in [-0.05, 0) is 49.3 Å². The van der Waals surface area contributed by atoms with Crippen molar-refractivity contribution in [3.63, 3.8) is 0 Å². The molecule has 4 nitrogen and oxygen atoms in total. The summed E-state index contributed by atoms with van der Waals surface area (Å²) in [6, 6.07) is 7.55. The van der Waals surface area contributed by atoms with E-state index in [1.54, 1.807) is 12.1 Å². The molecule has 1 aromatic carbocycles. The summed E-state index contributed by atoms with van der Waals surface area (Å²) in [5.41, 5.74) is 1.51. The lowest BCUT2D eigenvalue weighted by atomic mass is 9.91. The van der Waals surface area contributed by atoms with Crippen molar-refractivity contribution < 1.29 is 8.42 Å². The number of benzene rings is 1. The second-order valence-electron chi connectivity index (χ2n) is 6.61. The maximum absolute atomic E-state index is 11.2. The van der Waals surface area contributed by atoms with Gasteiger partial charge in [-0.2, -0.15) is 0 Å². The van der Waals surface area contributed by atoms with Gasteiger partial charge in [0.15, 0.2) is 0 Å². The molecule has 0 spiro atoms. The van der Waals surface area contributed by atoms with Crippen LogP contribution in [-0.2, 0) is 10.0 Å². The highest BCUT2D eigenvalue weighted by Gasteiger charge is 2.31. The number of primary sulfonamides is 1. The summed E-state index contributed by atoms with van der Waals surface area (Å²) in [6.07, 6.45) is 3.64. The molecule has 5 heteroatoms. The first-order valence-electron chi connectivity index (χ1n) is 7.06. The first-order chi connectivity index (χ1) is 9.17. The first kappa shape index (κ1) is 15.5. The van der Waals surface area contributed by atoms with E-state index in [1.807, 2.05) is 12.1 Å². The molecular weight excluding hydrogens is 272 g/mol. The number of nitrogens with two attached hydrogens (primary N) is 1. The monoisotopic (exact) mass is 296 g/mol. The molecule has 1 saturated carbocycles. The molecule has 0 heterocycles. The summed E-state index contributed by atoms with van der Waals surface area (Å²) < 4.78 is 22.5. The van der Waals surface area contributed by atoms with Gasteiger partial charge in [-0.3, -0.25) is 0 Å². The summed E-state index contributed by atoms with van der Waals surface area (Å²) in [7, 11) is -3.60. The number of hydrogen-bond acceptors (Lipinski definition) is 3. The van der Waals surface area contributed by atoms with Gasteiger partial charge in [0.1, 0.15) is 0 Å². The Labute approximate surface area is 121 Å². The van der Waals surface area contributed by atoms with Crippen LogP contribution in [0.1, 0.15) is 51.6 Å². The van der Waals surface area contributed by atoms with E-state index in [0.29, 0.717) is 11.5 Å². The second kappa shape index (κ2) is 5.47. The number of nitrogens with one attached hydrogen (secondary N) is 1. The van der Waals surface area contributed by atoms with Gasteiger partial charge in [-0.1, -0.05) is 26.0 Å². The van der Waals surface area contributed by atoms with Crippen molar-refractivity contribution in [2.75, 3.05) is 0 Å². The molecule has 1 aliphatic carbocycles. The third-order valence-electron chi connectivity index (χ3n) is 4.16. The van der Waals surface area contributed by atoms with E-state index in [-0.39, 0.29) is 10.9 Å². The minimum Gasteiger partial charge on any atom is -0.307 e. The maximum atomic E-state index is 11.2. The van der Waals surface area contributed by atoms with Gasteiger partial charge < -0.3 is 5.32 Å². The van der Waals surface area contributed by atoms with Crippen molar-refractivity contribution >= 4 is 10.0 Å². The maximum Gasteiger partial charge on any atom is 0.238 e. The highest BCUT2D eigenvalue weighted by molar-refractivity contribution is 7.89. The molecule has 2 unspecified atom stereocenters. The van der Waals surface area contributed by atoms with Crippen LogP contribution in [0.4, 0.5) is 0 Å². The lowest BCUT2D eigenvalue weighted by molar-refractivity contribution is 0.356. The third kappa shape index (κ3) is 3.81. The average Bonchev–Trinajstić information content (AvgIpc) is 2.67. The van der Waals surface area contributed by atoms with Gasteiger partial charge in [-0.25, -0.2) is 13.6 Å². The fourth-order valence-electron chi connectivity index (χ4n) is 2.97. The molecule has 1 aliphatic rings. The normalized spacial score (nSPS) is 23.7. The van der Waals surface area contributed by atoms with Crippen molar-refractivity contribution in [3.05, 3.63) is 29.8 Å². The van der Waals surface area contributed by atoms with Crippen molar-refractivity contribution in [3.8, 4) is 0 Å². The van der Waals surface area contributed by atoms with E-state index < -0.39 is 10.0 Å². The smallest absolute Gasteiger partial charge is 0.238 e. The van der Waals surface area contributed by atoms with Crippen LogP contribution in [0, 0.1) is 5.41 Å². The van der Waals surface area contributed by atoms with Gasteiger partial charge in [-0.15, -0.1) is 0 Å². The average molecular weight is 296 g/mol. The van der Waals surface area contributed by atoms with Gasteiger partial charge in [0.25, 0.3) is 0 Å². The van der Waals surface area contributed by atoms with Crippen LogP contribution in [0.2, 0.25) is 0 Å². The van der Waals surface area contributed by atoms with Crippen molar-refractivity contribution in [2.24, 2.45) is 10.6 Å². The van der Waals surface area contributed by atoms with Gasteiger partial charge in [0, 0.05) is 12.1 Å². The number of sulfonamides is 1. The topological polar surface area (TPSA) is 72.2 Å². The van der Waals surface area contributed by atoms with E-state index in [9.17, 15) is 8.42 Å². The molecule has 0 aromatic heterocycles. The Kier molecular flexibility index (Phi) is 4.23. The Balaban J connectivity index is 2.01. The molecule has 2 rings (SSSR count). The lowest BCUT2D eigenvalue weighted by Gasteiger charge is -2.22. The lowest BCUT2D eigenvalue weighted by Crippen LogP contribution is -2.30. The summed E-state index contributed by atoms with van der Waals surface area (Å²) in [5.74, 6) is 0. The molecule has 1 fully saturated rings. The van der Waals surface area contributed by atoms with Gasteiger partial charge >= 0.3 is 0 Å². The zero-order valence-electron chi connectivity index (χ0n) is 12.4. The molecule has 112 valence electrons. The van der Waals surface area contributed by atoms with Crippen molar-refractivity contribution in [1.29, 1.82) is 0 Å². The van der Waals surface area contributed by atoms with Crippen LogP contribution in [-0.4, -0.2) is 14.5 Å². The largest absolute Gasteiger partial charge is 0.307 e. The second-order valence-corrected chi connectivity index (χ2v) is 8.17. The Morgan fingerprint density at radius 3 is 2.35 bits per heavy atom. The molecule has 2 atom stereocenters. The minimum absolute atomic E-state index is 0.162. The molecule has 0 radical (unpaired) electrons. The molecule has 0 saturated heterocycles. The SMILES string of the molecule is CC(NC1CCC(C)(C)C1)c1ccc(S(N)(=O)=O)cc1. The zero-order chi connectivity index (χ0) is 15.0. The van der Waals surface area contributed by atoms with Gasteiger partial charge in [0.05, 0.1) is 4.90 Å². The van der Waals surface area contributed by atoms with E-state index >= 15 is 0 Å².